The topological polar surface area (TPSA) is 91.6 Å². The molecule has 0 unspecified atom stereocenters. The third-order valence-corrected chi connectivity index (χ3v) is 5.18. The summed E-state index contributed by atoms with van der Waals surface area (Å²) in [7, 11) is 1.73. The maximum atomic E-state index is 12.9. The van der Waals surface area contributed by atoms with Gasteiger partial charge in [0.2, 0.25) is 5.89 Å². The van der Waals surface area contributed by atoms with Crippen molar-refractivity contribution in [2.75, 3.05) is 0 Å². The van der Waals surface area contributed by atoms with Crippen LogP contribution in [-0.4, -0.2) is 29.3 Å². The summed E-state index contributed by atoms with van der Waals surface area (Å²) in [4.78, 5) is 21.3. The molecular weight excluding hydrogens is 418 g/mol. The number of halogens is 2. The normalized spacial score (nSPS) is 11.5. The van der Waals surface area contributed by atoms with Gasteiger partial charge in [-0.3, -0.25) is 19.1 Å². The van der Waals surface area contributed by atoms with Gasteiger partial charge in [-0.05, 0) is 47.5 Å². The number of hydrogen-bond donors (Lipinski definition) is 0. The van der Waals surface area contributed by atoms with E-state index in [4.69, 9.17) is 4.42 Å². The molecule has 5 aromatic rings. The molecule has 10 heteroatoms. The van der Waals surface area contributed by atoms with Crippen molar-refractivity contribution in [3.8, 4) is 22.6 Å². The molecular formula is C22H16F2N6O2. The van der Waals surface area contributed by atoms with E-state index in [0.717, 1.165) is 22.2 Å². The van der Waals surface area contributed by atoms with E-state index < -0.39 is 12.3 Å². The molecule has 0 aliphatic carbocycles. The van der Waals surface area contributed by atoms with Gasteiger partial charge in [0.15, 0.2) is 0 Å². The summed E-state index contributed by atoms with van der Waals surface area (Å²) in [5.74, 6) is -0.775. The first kappa shape index (κ1) is 19.7. The maximum absolute atomic E-state index is 12.9. The van der Waals surface area contributed by atoms with Gasteiger partial charge in [-0.15, -0.1) is 10.2 Å². The molecule has 0 spiro atoms. The standard InChI is InChI=1S/C22H16F2N6O2/c1-29-18-10-14(13-6-8-25-9-7-13)3-5-17(18)30(22(29)31)12-16-4-2-15(11-26-16)20-27-28-21(32-20)19(23)24/h2-11,19H,12H2,1H3. The Balaban J connectivity index is 1.46. The third-order valence-electron chi connectivity index (χ3n) is 5.18. The number of hydrogen-bond acceptors (Lipinski definition) is 6. The Morgan fingerprint density at radius 1 is 0.969 bits per heavy atom. The molecule has 0 aliphatic heterocycles. The Morgan fingerprint density at radius 3 is 2.44 bits per heavy atom. The van der Waals surface area contributed by atoms with Crippen molar-refractivity contribution in [1.82, 2.24) is 29.3 Å². The lowest BCUT2D eigenvalue weighted by Gasteiger charge is -2.05. The van der Waals surface area contributed by atoms with Crippen LogP contribution in [0.2, 0.25) is 0 Å². The Hall–Kier alpha value is -4.21. The van der Waals surface area contributed by atoms with Crippen LogP contribution in [0.4, 0.5) is 8.78 Å². The highest BCUT2D eigenvalue weighted by Gasteiger charge is 2.17. The molecule has 5 rings (SSSR count). The molecule has 32 heavy (non-hydrogen) atoms. The average molecular weight is 434 g/mol. The molecule has 0 N–H and O–H groups in total. The Labute approximate surface area is 179 Å². The summed E-state index contributed by atoms with van der Waals surface area (Å²) >= 11 is 0. The van der Waals surface area contributed by atoms with Gasteiger partial charge in [0.1, 0.15) is 0 Å². The van der Waals surface area contributed by atoms with Gasteiger partial charge in [0.25, 0.3) is 5.89 Å². The van der Waals surface area contributed by atoms with Crippen molar-refractivity contribution >= 4 is 11.0 Å². The average Bonchev–Trinajstić information content (AvgIpc) is 3.41. The van der Waals surface area contributed by atoms with Crippen molar-refractivity contribution in [2.45, 2.75) is 13.0 Å². The first-order valence-electron chi connectivity index (χ1n) is 9.68. The van der Waals surface area contributed by atoms with Gasteiger partial charge >= 0.3 is 12.1 Å². The van der Waals surface area contributed by atoms with Crippen molar-refractivity contribution in [1.29, 1.82) is 0 Å². The monoisotopic (exact) mass is 434 g/mol. The van der Waals surface area contributed by atoms with Crippen LogP contribution in [-0.2, 0) is 13.6 Å². The molecule has 0 fully saturated rings. The van der Waals surface area contributed by atoms with Crippen molar-refractivity contribution in [3.63, 3.8) is 0 Å². The highest BCUT2D eigenvalue weighted by molar-refractivity contribution is 5.82. The number of aromatic nitrogens is 6. The van der Waals surface area contributed by atoms with Crippen LogP contribution in [0.15, 0.2) is 70.3 Å². The number of nitrogens with zero attached hydrogens (tertiary/aromatic N) is 6. The summed E-state index contributed by atoms with van der Waals surface area (Å²) in [6.45, 7) is 0.247. The fraction of sp³-hybridized carbons (Fsp3) is 0.136. The second-order valence-electron chi connectivity index (χ2n) is 7.15. The number of pyridine rings is 2. The first-order chi connectivity index (χ1) is 15.5. The van der Waals surface area contributed by atoms with Gasteiger partial charge in [0, 0.05) is 25.6 Å². The third kappa shape index (κ3) is 3.45. The maximum Gasteiger partial charge on any atom is 0.329 e. The number of alkyl halides is 2. The first-order valence-corrected chi connectivity index (χ1v) is 9.68. The summed E-state index contributed by atoms with van der Waals surface area (Å²) in [6.07, 6.45) is 2.07. The zero-order valence-electron chi connectivity index (χ0n) is 16.8. The highest BCUT2D eigenvalue weighted by atomic mass is 19.3. The van der Waals surface area contributed by atoms with Crippen molar-refractivity contribution < 1.29 is 13.2 Å². The van der Waals surface area contributed by atoms with Crippen molar-refractivity contribution in [2.24, 2.45) is 7.05 Å². The second kappa shape index (κ2) is 7.80. The second-order valence-corrected chi connectivity index (χ2v) is 7.15. The summed E-state index contributed by atoms with van der Waals surface area (Å²) in [5, 5.41) is 6.93. The smallest absolute Gasteiger partial charge is 0.329 e. The summed E-state index contributed by atoms with van der Waals surface area (Å²) < 4.78 is 33.5. The van der Waals surface area contributed by atoms with E-state index in [0.29, 0.717) is 11.3 Å². The Bertz CT molecular complexity index is 1460. The zero-order chi connectivity index (χ0) is 22.2. The van der Waals surface area contributed by atoms with Crippen LogP contribution in [0.1, 0.15) is 18.0 Å². The van der Waals surface area contributed by atoms with E-state index >= 15 is 0 Å². The Morgan fingerprint density at radius 2 is 1.75 bits per heavy atom. The lowest BCUT2D eigenvalue weighted by atomic mass is 10.1. The van der Waals surface area contributed by atoms with Crippen LogP contribution >= 0.6 is 0 Å². The number of imidazole rings is 1. The van der Waals surface area contributed by atoms with Crippen LogP contribution in [0.25, 0.3) is 33.6 Å². The minimum absolute atomic E-state index is 0.0367. The summed E-state index contributed by atoms with van der Waals surface area (Å²) in [6, 6.07) is 13.0. The molecule has 0 aliphatic rings. The van der Waals surface area contributed by atoms with Crippen LogP contribution in [0, 0.1) is 0 Å². The molecule has 160 valence electrons. The van der Waals surface area contributed by atoms with Gasteiger partial charge in [-0.25, -0.2) is 4.79 Å². The molecule has 0 amide bonds. The molecule has 8 nitrogen and oxygen atoms in total. The zero-order valence-corrected chi connectivity index (χ0v) is 16.8. The van der Waals surface area contributed by atoms with Gasteiger partial charge in [0.05, 0.1) is 28.8 Å². The van der Waals surface area contributed by atoms with E-state index in [1.54, 1.807) is 40.7 Å². The van der Waals surface area contributed by atoms with E-state index in [2.05, 4.69) is 20.2 Å². The van der Waals surface area contributed by atoms with Crippen LogP contribution in [0.5, 0.6) is 0 Å². The fourth-order valence-electron chi connectivity index (χ4n) is 3.53. The SMILES string of the molecule is Cn1c(=O)n(Cc2ccc(-c3nnc(C(F)F)o3)cn2)c2ccc(-c3ccncc3)cc21. The predicted molar refractivity (Wildman–Crippen MR) is 112 cm³/mol. The molecule has 0 saturated heterocycles. The molecule has 0 atom stereocenters. The quantitative estimate of drug-likeness (QED) is 0.418. The van der Waals surface area contributed by atoms with Gasteiger partial charge < -0.3 is 4.42 Å². The predicted octanol–water partition coefficient (Wildman–Crippen LogP) is 3.83. The largest absolute Gasteiger partial charge is 0.415 e. The van der Waals surface area contributed by atoms with E-state index in [1.807, 2.05) is 30.3 Å². The number of benzene rings is 1. The number of aryl methyl sites for hydroxylation is 1. The minimum atomic E-state index is -2.83. The number of rotatable bonds is 5. The molecule has 0 radical (unpaired) electrons. The minimum Gasteiger partial charge on any atom is -0.415 e. The van der Waals surface area contributed by atoms with Crippen LogP contribution < -0.4 is 5.69 Å². The molecule has 1 aromatic carbocycles. The highest BCUT2D eigenvalue weighted by Crippen LogP contribution is 2.25. The fourth-order valence-corrected chi connectivity index (χ4v) is 3.53. The molecule has 0 bridgehead atoms. The van der Waals surface area contributed by atoms with E-state index in [-0.39, 0.29) is 18.1 Å². The molecule has 4 aromatic heterocycles. The number of fused-ring (bicyclic) bond motifs is 1. The van der Waals surface area contributed by atoms with E-state index in [9.17, 15) is 13.6 Å². The molecule has 4 heterocycles. The van der Waals surface area contributed by atoms with Gasteiger partial charge in [-0.1, -0.05) is 6.07 Å². The lowest BCUT2D eigenvalue weighted by Crippen LogP contribution is -2.23. The Kier molecular flexibility index (Phi) is 4.81. The van der Waals surface area contributed by atoms with Gasteiger partial charge in [-0.2, -0.15) is 8.78 Å². The lowest BCUT2D eigenvalue weighted by molar-refractivity contribution is 0.116. The van der Waals surface area contributed by atoms with Crippen LogP contribution in [0.3, 0.4) is 0 Å². The van der Waals surface area contributed by atoms with E-state index in [1.165, 1.54) is 6.20 Å². The molecule has 0 saturated carbocycles. The summed E-state index contributed by atoms with van der Waals surface area (Å²) in [5.41, 5.74) is 4.44. The van der Waals surface area contributed by atoms with Crippen molar-refractivity contribution in [3.05, 3.63) is 83.1 Å².